The molecule has 0 aliphatic rings. The number of aromatic hydroxyl groups is 1. The molecular formula is C21H30N2O. The fourth-order valence-corrected chi connectivity index (χ4v) is 2.34. The van der Waals surface area contributed by atoms with E-state index in [1.54, 1.807) is 6.07 Å². The molecule has 0 heterocycles. The lowest BCUT2D eigenvalue weighted by Gasteiger charge is -2.10. The van der Waals surface area contributed by atoms with Crippen molar-refractivity contribution in [1.82, 2.24) is 0 Å². The van der Waals surface area contributed by atoms with Gasteiger partial charge in [0.25, 0.3) is 0 Å². The molecule has 2 aromatic carbocycles. The monoisotopic (exact) mass is 326 g/mol. The van der Waals surface area contributed by atoms with Crippen LogP contribution in [0, 0.1) is 0 Å². The molecule has 0 aromatic heterocycles. The number of nitrogens with two attached hydrogens (primary N) is 1. The lowest BCUT2D eigenvalue weighted by Crippen LogP contribution is -2.18. The Morgan fingerprint density at radius 2 is 1.79 bits per heavy atom. The van der Waals surface area contributed by atoms with Gasteiger partial charge in [0.05, 0.1) is 5.69 Å². The van der Waals surface area contributed by atoms with Crippen molar-refractivity contribution < 1.29 is 5.11 Å². The summed E-state index contributed by atoms with van der Waals surface area (Å²) in [5.41, 5.74) is 10.2. The maximum absolute atomic E-state index is 9.27. The minimum absolute atomic E-state index is 0.209. The molecule has 2 aromatic rings. The van der Waals surface area contributed by atoms with E-state index in [1.807, 2.05) is 44.2 Å². The van der Waals surface area contributed by atoms with Crippen molar-refractivity contribution in [2.45, 2.75) is 39.7 Å². The van der Waals surface area contributed by atoms with E-state index >= 15 is 0 Å². The van der Waals surface area contributed by atoms with E-state index in [2.05, 4.69) is 31.0 Å². The van der Waals surface area contributed by atoms with Gasteiger partial charge >= 0.3 is 0 Å². The smallest absolute Gasteiger partial charge is 0.138 e. The Morgan fingerprint density at radius 1 is 1.17 bits per heavy atom. The maximum Gasteiger partial charge on any atom is 0.138 e. The van der Waals surface area contributed by atoms with Gasteiger partial charge in [-0.05, 0) is 49.9 Å². The summed E-state index contributed by atoms with van der Waals surface area (Å²) in [6.07, 6.45) is 1.98. The van der Waals surface area contributed by atoms with Gasteiger partial charge in [-0.3, -0.25) is 0 Å². The normalized spacial score (nSPS) is 11.2. The first-order valence-electron chi connectivity index (χ1n) is 8.47. The number of phenols is 1. The summed E-state index contributed by atoms with van der Waals surface area (Å²) in [6.45, 7) is 11.0. The molecule has 0 radical (unpaired) electrons. The van der Waals surface area contributed by atoms with E-state index in [9.17, 15) is 5.11 Å². The predicted molar refractivity (Wildman–Crippen MR) is 105 cm³/mol. The zero-order chi connectivity index (χ0) is 17.9. The number of rotatable bonds is 6. The van der Waals surface area contributed by atoms with Gasteiger partial charge < -0.3 is 16.2 Å². The second-order valence-corrected chi connectivity index (χ2v) is 6.06. The molecule has 24 heavy (non-hydrogen) atoms. The largest absolute Gasteiger partial charge is 0.506 e. The number of para-hydroxylation sites is 2. The molecule has 0 amide bonds. The van der Waals surface area contributed by atoms with Crippen LogP contribution in [-0.4, -0.2) is 17.7 Å². The van der Waals surface area contributed by atoms with Crippen LogP contribution in [0.2, 0.25) is 0 Å². The minimum atomic E-state index is 0.209. The summed E-state index contributed by atoms with van der Waals surface area (Å²) in [5, 5.41) is 12.4. The van der Waals surface area contributed by atoms with Crippen LogP contribution in [0.4, 0.5) is 5.69 Å². The number of nitrogens with one attached hydrogen (secondary N) is 1. The van der Waals surface area contributed by atoms with E-state index < -0.39 is 0 Å². The molecule has 0 saturated carbocycles. The quantitative estimate of drug-likeness (QED) is 0.667. The SMILES string of the molecule is C=C(C)c1ccccc1CC(C)N.CCCNc1ccccc1O. The molecular weight excluding hydrogens is 296 g/mol. The molecule has 0 aliphatic carbocycles. The Morgan fingerprint density at radius 3 is 2.38 bits per heavy atom. The molecule has 3 heteroatoms. The van der Waals surface area contributed by atoms with Crippen LogP contribution in [-0.2, 0) is 6.42 Å². The highest BCUT2D eigenvalue weighted by atomic mass is 16.3. The Balaban J connectivity index is 0.000000243. The van der Waals surface area contributed by atoms with Crippen LogP contribution in [0.3, 0.4) is 0 Å². The summed E-state index contributed by atoms with van der Waals surface area (Å²) in [4.78, 5) is 0. The Bertz CT molecular complexity index is 635. The van der Waals surface area contributed by atoms with Gasteiger partial charge in [-0.1, -0.05) is 55.5 Å². The Labute approximate surface area is 146 Å². The van der Waals surface area contributed by atoms with Gasteiger partial charge in [0, 0.05) is 12.6 Å². The van der Waals surface area contributed by atoms with E-state index in [4.69, 9.17) is 5.73 Å². The van der Waals surface area contributed by atoms with Crippen LogP contribution >= 0.6 is 0 Å². The van der Waals surface area contributed by atoms with Crippen molar-refractivity contribution in [2.75, 3.05) is 11.9 Å². The molecule has 3 nitrogen and oxygen atoms in total. The van der Waals surface area contributed by atoms with E-state index in [0.29, 0.717) is 5.75 Å². The summed E-state index contributed by atoms with van der Waals surface area (Å²) in [5.74, 6) is 0.320. The zero-order valence-electron chi connectivity index (χ0n) is 15.0. The standard InChI is InChI=1S/C12H17N.C9H13NO/c1-9(2)12-7-5-4-6-11(12)8-10(3)13;1-2-7-10-8-5-3-4-6-9(8)11/h4-7,10H,1,8,13H2,2-3H3;3-6,10-11H,2,7H2,1H3. The number of hydrogen-bond donors (Lipinski definition) is 3. The van der Waals surface area contributed by atoms with Crippen molar-refractivity contribution in [3.05, 3.63) is 66.2 Å². The van der Waals surface area contributed by atoms with Crippen molar-refractivity contribution in [2.24, 2.45) is 5.73 Å². The topological polar surface area (TPSA) is 58.3 Å². The average molecular weight is 326 g/mol. The maximum atomic E-state index is 9.27. The van der Waals surface area contributed by atoms with Crippen LogP contribution in [0.1, 0.15) is 38.3 Å². The van der Waals surface area contributed by atoms with Crippen LogP contribution in [0.25, 0.3) is 5.57 Å². The molecule has 0 saturated heterocycles. The van der Waals surface area contributed by atoms with Gasteiger partial charge in [0.2, 0.25) is 0 Å². The third-order valence-electron chi connectivity index (χ3n) is 3.49. The summed E-state index contributed by atoms with van der Waals surface area (Å²) in [7, 11) is 0. The van der Waals surface area contributed by atoms with Gasteiger partial charge in [-0.15, -0.1) is 0 Å². The average Bonchev–Trinajstić information content (AvgIpc) is 2.54. The first-order chi connectivity index (χ1) is 11.5. The van der Waals surface area contributed by atoms with E-state index in [1.165, 1.54) is 11.1 Å². The molecule has 1 atom stereocenters. The number of allylic oxidation sites excluding steroid dienone is 1. The summed E-state index contributed by atoms with van der Waals surface area (Å²) >= 11 is 0. The highest BCUT2D eigenvalue weighted by Crippen LogP contribution is 2.21. The highest BCUT2D eigenvalue weighted by Gasteiger charge is 2.03. The Hall–Kier alpha value is -2.26. The predicted octanol–water partition coefficient (Wildman–Crippen LogP) is 4.82. The summed E-state index contributed by atoms with van der Waals surface area (Å²) < 4.78 is 0. The fraction of sp³-hybridized carbons (Fsp3) is 0.333. The molecule has 0 spiro atoms. The zero-order valence-corrected chi connectivity index (χ0v) is 15.0. The minimum Gasteiger partial charge on any atom is -0.506 e. The molecule has 1 unspecified atom stereocenters. The highest BCUT2D eigenvalue weighted by molar-refractivity contribution is 5.64. The first kappa shape index (κ1) is 19.8. The third kappa shape index (κ3) is 6.88. The molecule has 0 bridgehead atoms. The molecule has 0 aliphatic heterocycles. The molecule has 0 fully saturated rings. The molecule has 2 rings (SSSR count). The fourth-order valence-electron chi connectivity index (χ4n) is 2.34. The Kier molecular flexibility index (Phi) is 8.66. The number of phenolic OH excluding ortho intramolecular Hbond substituents is 1. The van der Waals surface area contributed by atoms with Crippen LogP contribution in [0.15, 0.2) is 55.1 Å². The van der Waals surface area contributed by atoms with Crippen molar-refractivity contribution >= 4 is 11.3 Å². The van der Waals surface area contributed by atoms with Crippen molar-refractivity contribution in [1.29, 1.82) is 0 Å². The van der Waals surface area contributed by atoms with Crippen LogP contribution in [0.5, 0.6) is 5.75 Å². The summed E-state index contributed by atoms with van der Waals surface area (Å²) in [6, 6.07) is 15.8. The van der Waals surface area contributed by atoms with E-state index in [-0.39, 0.29) is 6.04 Å². The number of anilines is 1. The second kappa shape index (κ2) is 10.5. The number of benzene rings is 2. The van der Waals surface area contributed by atoms with E-state index in [0.717, 1.165) is 30.6 Å². The molecule has 4 N–H and O–H groups in total. The van der Waals surface area contributed by atoms with Crippen LogP contribution < -0.4 is 11.1 Å². The van der Waals surface area contributed by atoms with Crippen molar-refractivity contribution in [3.8, 4) is 5.75 Å². The van der Waals surface area contributed by atoms with Gasteiger partial charge in [-0.2, -0.15) is 0 Å². The second-order valence-electron chi connectivity index (χ2n) is 6.06. The lowest BCUT2D eigenvalue weighted by atomic mass is 9.97. The third-order valence-corrected chi connectivity index (χ3v) is 3.49. The van der Waals surface area contributed by atoms with Gasteiger partial charge in [-0.25, -0.2) is 0 Å². The molecule has 130 valence electrons. The van der Waals surface area contributed by atoms with Crippen molar-refractivity contribution in [3.63, 3.8) is 0 Å². The lowest BCUT2D eigenvalue weighted by molar-refractivity contribution is 0.477. The van der Waals surface area contributed by atoms with Gasteiger partial charge in [0.1, 0.15) is 5.75 Å². The number of hydrogen-bond acceptors (Lipinski definition) is 3. The van der Waals surface area contributed by atoms with Gasteiger partial charge in [0.15, 0.2) is 0 Å². The first-order valence-corrected chi connectivity index (χ1v) is 8.47.